The van der Waals surface area contributed by atoms with E-state index in [1.54, 1.807) is 0 Å². The van der Waals surface area contributed by atoms with Gasteiger partial charge in [0.05, 0.1) is 0 Å². The first-order valence-electron chi connectivity index (χ1n) is 5.98. The molecule has 0 aromatic carbocycles. The summed E-state index contributed by atoms with van der Waals surface area (Å²) in [6.07, 6.45) is 8.71. The van der Waals surface area contributed by atoms with Crippen LogP contribution in [0.4, 0.5) is 0 Å². The van der Waals surface area contributed by atoms with Gasteiger partial charge in [0.2, 0.25) is 0 Å². The second-order valence-electron chi connectivity index (χ2n) is 5.88. The van der Waals surface area contributed by atoms with E-state index in [-0.39, 0.29) is 0 Å². The fraction of sp³-hybridized carbons (Fsp3) is 1.00. The van der Waals surface area contributed by atoms with Crippen LogP contribution in [-0.2, 0) is 0 Å². The van der Waals surface area contributed by atoms with Gasteiger partial charge in [0, 0.05) is 6.04 Å². The van der Waals surface area contributed by atoms with E-state index < -0.39 is 0 Å². The summed E-state index contributed by atoms with van der Waals surface area (Å²) in [5.74, 6) is 2.86. The molecule has 5 atom stereocenters. The van der Waals surface area contributed by atoms with Gasteiger partial charge >= 0.3 is 0 Å². The summed E-state index contributed by atoms with van der Waals surface area (Å²) in [6.45, 7) is 2.41. The van der Waals surface area contributed by atoms with Gasteiger partial charge in [-0.05, 0) is 55.3 Å². The van der Waals surface area contributed by atoms with Crippen LogP contribution in [0.2, 0.25) is 0 Å². The molecule has 3 saturated carbocycles. The Hall–Kier alpha value is -0.0400. The van der Waals surface area contributed by atoms with Crippen molar-refractivity contribution in [1.29, 1.82) is 0 Å². The van der Waals surface area contributed by atoms with Crippen molar-refractivity contribution in [2.45, 2.75) is 51.5 Å². The molecule has 0 aromatic rings. The molecule has 74 valence electrons. The smallest absolute Gasteiger partial charge is 0.0127 e. The van der Waals surface area contributed by atoms with Gasteiger partial charge < -0.3 is 5.73 Å². The Kier molecular flexibility index (Phi) is 1.59. The van der Waals surface area contributed by atoms with Crippen LogP contribution in [0.3, 0.4) is 0 Å². The maximum atomic E-state index is 6.42. The highest BCUT2D eigenvalue weighted by Crippen LogP contribution is 2.62. The molecule has 0 aliphatic heterocycles. The lowest BCUT2D eigenvalue weighted by atomic mass is 9.68. The van der Waals surface area contributed by atoms with Gasteiger partial charge in [-0.3, -0.25) is 0 Å². The fourth-order valence-corrected chi connectivity index (χ4v) is 4.65. The van der Waals surface area contributed by atoms with E-state index in [1.807, 2.05) is 0 Å². The Morgan fingerprint density at radius 3 is 2.62 bits per heavy atom. The van der Waals surface area contributed by atoms with Gasteiger partial charge in [0.25, 0.3) is 0 Å². The number of fused-ring (bicyclic) bond motifs is 3. The van der Waals surface area contributed by atoms with Gasteiger partial charge in [-0.1, -0.05) is 13.3 Å². The van der Waals surface area contributed by atoms with Crippen LogP contribution < -0.4 is 5.73 Å². The van der Waals surface area contributed by atoms with Crippen LogP contribution in [0.25, 0.3) is 0 Å². The Morgan fingerprint density at radius 2 is 2.08 bits per heavy atom. The molecule has 3 aliphatic carbocycles. The molecule has 1 nitrogen and oxygen atoms in total. The third-order valence-electron chi connectivity index (χ3n) is 5.29. The van der Waals surface area contributed by atoms with Crippen molar-refractivity contribution in [2.75, 3.05) is 0 Å². The quantitative estimate of drug-likeness (QED) is 0.607. The van der Waals surface area contributed by atoms with Crippen molar-refractivity contribution < 1.29 is 0 Å². The highest BCUT2D eigenvalue weighted by atomic mass is 14.8. The summed E-state index contributed by atoms with van der Waals surface area (Å²) in [7, 11) is 0. The van der Waals surface area contributed by atoms with Crippen LogP contribution in [-0.4, -0.2) is 6.04 Å². The van der Waals surface area contributed by atoms with Crippen molar-refractivity contribution >= 4 is 0 Å². The van der Waals surface area contributed by atoms with E-state index in [2.05, 4.69) is 6.92 Å². The molecular formula is C12H21N. The maximum Gasteiger partial charge on any atom is 0.0127 e. The predicted octanol–water partition coefficient (Wildman–Crippen LogP) is 2.55. The largest absolute Gasteiger partial charge is 0.327 e. The number of rotatable bonds is 0. The standard InChI is InChI=1S/C12H21N/c1-8-4-5-12(7-8)10-3-2-9(6-10)11(12)13/h8-11H,2-7,13H2,1H3/t8-,9-,10+,11-,12?/m0/s1. The lowest BCUT2D eigenvalue weighted by Crippen LogP contribution is -2.44. The third-order valence-corrected chi connectivity index (χ3v) is 5.29. The average molecular weight is 179 g/mol. The second-order valence-corrected chi connectivity index (χ2v) is 5.88. The van der Waals surface area contributed by atoms with Crippen molar-refractivity contribution in [1.82, 2.24) is 0 Å². The summed E-state index contributed by atoms with van der Waals surface area (Å²) in [5.41, 5.74) is 7.04. The average Bonchev–Trinajstić information content (AvgIpc) is 2.73. The Morgan fingerprint density at radius 1 is 1.23 bits per heavy atom. The highest BCUT2D eigenvalue weighted by molar-refractivity contribution is 5.10. The van der Waals surface area contributed by atoms with E-state index in [0.29, 0.717) is 11.5 Å². The maximum absolute atomic E-state index is 6.42. The first kappa shape index (κ1) is 8.28. The monoisotopic (exact) mass is 179 g/mol. The van der Waals surface area contributed by atoms with Gasteiger partial charge in [-0.25, -0.2) is 0 Å². The molecule has 3 rings (SSSR count). The molecule has 1 heteroatoms. The second kappa shape index (κ2) is 2.50. The van der Waals surface area contributed by atoms with Gasteiger partial charge in [0.15, 0.2) is 0 Å². The zero-order valence-electron chi connectivity index (χ0n) is 8.63. The van der Waals surface area contributed by atoms with E-state index >= 15 is 0 Å². The number of hydrogen-bond acceptors (Lipinski definition) is 1. The van der Waals surface area contributed by atoms with Crippen LogP contribution in [0.1, 0.15) is 45.4 Å². The van der Waals surface area contributed by atoms with E-state index in [0.717, 1.165) is 17.8 Å². The molecule has 2 N–H and O–H groups in total. The van der Waals surface area contributed by atoms with Crippen molar-refractivity contribution in [2.24, 2.45) is 28.9 Å². The van der Waals surface area contributed by atoms with Crippen LogP contribution in [0, 0.1) is 23.2 Å². The van der Waals surface area contributed by atoms with Crippen LogP contribution in [0.15, 0.2) is 0 Å². The number of hydrogen-bond donors (Lipinski definition) is 1. The summed E-state index contributed by atoms with van der Waals surface area (Å²) in [5, 5.41) is 0. The first-order valence-corrected chi connectivity index (χ1v) is 5.98. The molecule has 1 unspecified atom stereocenters. The van der Waals surface area contributed by atoms with Crippen LogP contribution in [0.5, 0.6) is 0 Å². The van der Waals surface area contributed by atoms with Crippen molar-refractivity contribution in [3.8, 4) is 0 Å². The molecule has 13 heavy (non-hydrogen) atoms. The first-order chi connectivity index (χ1) is 6.22. The lowest BCUT2D eigenvalue weighted by Gasteiger charge is -2.39. The highest BCUT2D eigenvalue weighted by Gasteiger charge is 2.58. The zero-order chi connectivity index (χ0) is 9.05. The summed E-state index contributed by atoms with van der Waals surface area (Å²) < 4.78 is 0. The summed E-state index contributed by atoms with van der Waals surface area (Å²) in [4.78, 5) is 0. The number of nitrogens with two attached hydrogens (primary N) is 1. The van der Waals surface area contributed by atoms with E-state index in [4.69, 9.17) is 5.73 Å². The van der Waals surface area contributed by atoms with Gasteiger partial charge in [-0.2, -0.15) is 0 Å². The molecule has 0 amide bonds. The molecule has 0 saturated heterocycles. The van der Waals surface area contributed by atoms with E-state index in [9.17, 15) is 0 Å². The summed E-state index contributed by atoms with van der Waals surface area (Å²) >= 11 is 0. The van der Waals surface area contributed by atoms with Gasteiger partial charge in [-0.15, -0.1) is 0 Å². The van der Waals surface area contributed by atoms with Crippen LogP contribution >= 0.6 is 0 Å². The molecule has 0 heterocycles. The molecule has 2 bridgehead atoms. The molecule has 3 fully saturated rings. The predicted molar refractivity (Wildman–Crippen MR) is 54.3 cm³/mol. The topological polar surface area (TPSA) is 26.0 Å². The van der Waals surface area contributed by atoms with Gasteiger partial charge in [0.1, 0.15) is 0 Å². The molecule has 0 aromatic heterocycles. The minimum atomic E-state index is 0.566. The Labute approximate surface area is 81.1 Å². The summed E-state index contributed by atoms with van der Waals surface area (Å²) in [6, 6.07) is 0.566. The minimum absolute atomic E-state index is 0.566. The molecule has 3 aliphatic rings. The zero-order valence-corrected chi connectivity index (χ0v) is 8.63. The SMILES string of the molecule is C[C@H]1CCC2(C1)[C@@H]1CC[C@@H](C1)[C@@H]2N. The lowest BCUT2D eigenvalue weighted by molar-refractivity contribution is 0.134. The third kappa shape index (κ3) is 0.918. The molecule has 0 radical (unpaired) electrons. The van der Waals surface area contributed by atoms with E-state index in [1.165, 1.54) is 38.5 Å². The Balaban J connectivity index is 1.90. The van der Waals surface area contributed by atoms with Crippen molar-refractivity contribution in [3.63, 3.8) is 0 Å². The minimum Gasteiger partial charge on any atom is -0.327 e. The van der Waals surface area contributed by atoms with Crippen molar-refractivity contribution in [3.05, 3.63) is 0 Å². The Bertz CT molecular complexity index is 221. The fourth-order valence-electron chi connectivity index (χ4n) is 4.65. The normalized spacial score (nSPS) is 59.5. The molecular weight excluding hydrogens is 158 g/mol. The molecule has 1 spiro atoms.